The van der Waals surface area contributed by atoms with Crippen molar-refractivity contribution in [3.05, 3.63) is 59.7 Å². The van der Waals surface area contributed by atoms with E-state index in [1.165, 1.54) is 22.3 Å². The zero-order chi connectivity index (χ0) is 25.4. The molecule has 7 nitrogen and oxygen atoms in total. The highest BCUT2D eigenvalue weighted by Crippen LogP contribution is 2.44. The first-order valence-electron chi connectivity index (χ1n) is 12.4. The monoisotopic (exact) mass is 480 g/mol. The number of nitrogens with one attached hydrogen (secondary N) is 2. The maximum atomic E-state index is 12.3. The number of fused-ring (bicyclic) bond motifs is 3. The van der Waals surface area contributed by atoms with E-state index in [1.54, 1.807) is 0 Å². The lowest BCUT2D eigenvalue weighted by atomic mass is 9.98. The van der Waals surface area contributed by atoms with E-state index in [1.807, 2.05) is 45.0 Å². The zero-order valence-corrected chi connectivity index (χ0v) is 20.8. The van der Waals surface area contributed by atoms with Crippen LogP contribution in [0.15, 0.2) is 48.5 Å². The van der Waals surface area contributed by atoms with Gasteiger partial charge in [-0.15, -0.1) is 0 Å². The van der Waals surface area contributed by atoms with Crippen molar-refractivity contribution in [2.45, 2.75) is 58.4 Å². The first-order valence-corrected chi connectivity index (χ1v) is 12.4. The van der Waals surface area contributed by atoms with Crippen molar-refractivity contribution in [1.82, 2.24) is 10.6 Å². The van der Waals surface area contributed by atoms with Crippen LogP contribution in [0.25, 0.3) is 11.1 Å². The van der Waals surface area contributed by atoms with Gasteiger partial charge in [0.25, 0.3) is 0 Å². The van der Waals surface area contributed by atoms with E-state index in [4.69, 9.17) is 4.74 Å². The van der Waals surface area contributed by atoms with E-state index in [0.29, 0.717) is 25.8 Å². The van der Waals surface area contributed by atoms with Crippen molar-refractivity contribution in [3.63, 3.8) is 0 Å². The highest BCUT2D eigenvalue weighted by Gasteiger charge is 2.29. The van der Waals surface area contributed by atoms with Gasteiger partial charge in [-0.3, -0.25) is 4.79 Å². The SMILES string of the molecule is CC(C)C[C@@H](NC(=O)CCC(C)CCNC(=O)OCC1c2ccccc2-c2ccccc21)C(=O)O. The number of hydrogen-bond donors (Lipinski definition) is 3. The summed E-state index contributed by atoms with van der Waals surface area (Å²) < 4.78 is 5.55. The summed E-state index contributed by atoms with van der Waals surface area (Å²) in [6.07, 6.45) is 1.53. The van der Waals surface area contributed by atoms with Gasteiger partial charge in [-0.25, -0.2) is 9.59 Å². The van der Waals surface area contributed by atoms with Gasteiger partial charge in [-0.2, -0.15) is 0 Å². The van der Waals surface area contributed by atoms with Gasteiger partial charge in [0.05, 0.1) is 0 Å². The third kappa shape index (κ3) is 7.31. The van der Waals surface area contributed by atoms with Crippen molar-refractivity contribution < 1.29 is 24.2 Å². The standard InChI is InChI=1S/C28H36N2O5/c1-18(2)16-25(27(32)33)30-26(31)13-12-19(3)14-15-29-28(34)35-17-24-22-10-6-4-8-20(22)21-9-5-7-11-23(21)24/h4-11,18-19,24-25H,12-17H2,1-3H3,(H,29,34)(H,30,31)(H,32,33)/t19?,25-/m1/s1. The predicted octanol–water partition coefficient (Wildman–Crippen LogP) is 4.95. The molecular formula is C28H36N2O5. The molecule has 0 heterocycles. The fraction of sp³-hybridized carbons (Fsp3) is 0.464. The second kappa shape index (κ2) is 12.4. The van der Waals surface area contributed by atoms with E-state index in [0.717, 1.165) is 0 Å². The van der Waals surface area contributed by atoms with Crippen LogP contribution >= 0.6 is 0 Å². The Morgan fingerprint density at radius 2 is 1.54 bits per heavy atom. The summed E-state index contributed by atoms with van der Waals surface area (Å²) in [6.45, 7) is 6.58. The van der Waals surface area contributed by atoms with E-state index in [-0.39, 0.29) is 36.7 Å². The summed E-state index contributed by atoms with van der Waals surface area (Å²) in [5.41, 5.74) is 4.72. The number of carboxylic acid groups (broad SMARTS) is 1. The van der Waals surface area contributed by atoms with Crippen LogP contribution in [-0.4, -0.2) is 42.3 Å². The maximum absolute atomic E-state index is 12.3. The Hall–Kier alpha value is -3.35. The molecule has 0 aromatic heterocycles. The number of carbonyl (C=O) groups excluding carboxylic acids is 2. The Kier molecular flexibility index (Phi) is 9.29. The summed E-state index contributed by atoms with van der Waals surface area (Å²) in [5.74, 6) is -0.861. The second-order valence-corrected chi connectivity index (χ2v) is 9.77. The number of amides is 2. The van der Waals surface area contributed by atoms with Crippen LogP contribution in [0.3, 0.4) is 0 Å². The third-order valence-electron chi connectivity index (χ3n) is 6.45. The minimum Gasteiger partial charge on any atom is -0.480 e. The Bertz CT molecular complexity index is 990. The molecule has 35 heavy (non-hydrogen) atoms. The van der Waals surface area contributed by atoms with Gasteiger partial charge >= 0.3 is 12.1 Å². The summed E-state index contributed by atoms with van der Waals surface area (Å²) in [5, 5.41) is 14.7. The Balaban J connectivity index is 1.37. The molecule has 3 rings (SSSR count). The number of ether oxygens (including phenoxy) is 1. The first kappa shape index (κ1) is 26.3. The van der Waals surface area contributed by atoms with E-state index in [9.17, 15) is 19.5 Å². The van der Waals surface area contributed by atoms with Crippen molar-refractivity contribution >= 4 is 18.0 Å². The Labute approximate surface area is 207 Å². The highest BCUT2D eigenvalue weighted by molar-refractivity contribution is 5.83. The lowest BCUT2D eigenvalue weighted by Gasteiger charge is -2.17. The molecule has 3 N–H and O–H groups in total. The zero-order valence-electron chi connectivity index (χ0n) is 20.8. The molecule has 188 valence electrons. The highest BCUT2D eigenvalue weighted by atomic mass is 16.5. The number of aliphatic carboxylic acids is 1. The van der Waals surface area contributed by atoms with Crippen molar-refractivity contribution in [2.24, 2.45) is 11.8 Å². The smallest absolute Gasteiger partial charge is 0.407 e. The predicted molar refractivity (Wildman–Crippen MR) is 135 cm³/mol. The Morgan fingerprint density at radius 3 is 2.11 bits per heavy atom. The fourth-order valence-electron chi connectivity index (χ4n) is 4.55. The fourth-order valence-corrected chi connectivity index (χ4v) is 4.55. The number of rotatable bonds is 12. The number of carboxylic acids is 1. The average molecular weight is 481 g/mol. The van der Waals surface area contributed by atoms with Gasteiger partial charge in [0.2, 0.25) is 5.91 Å². The minimum absolute atomic E-state index is 0.0240. The molecule has 2 aromatic rings. The number of carbonyl (C=O) groups is 3. The van der Waals surface area contributed by atoms with Crippen LogP contribution in [0, 0.1) is 11.8 Å². The topological polar surface area (TPSA) is 105 Å². The molecule has 0 spiro atoms. The van der Waals surface area contributed by atoms with Crippen LogP contribution in [0.5, 0.6) is 0 Å². The lowest BCUT2D eigenvalue weighted by molar-refractivity contribution is -0.142. The maximum Gasteiger partial charge on any atom is 0.407 e. The van der Waals surface area contributed by atoms with Gasteiger partial charge in [0.15, 0.2) is 0 Å². The van der Waals surface area contributed by atoms with Crippen LogP contribution in [0.4, 0.5) is 4.79 Å². The molecule has 2 amide bonds. The lowest BCUT2D eigenvalue weighted by Crippen LogP contribution is -2.41. The molecule has 1 aliphatic carbocycles. The quantitative estimate of drug-likeness (QED) is 0.399. The van der Waals surface area contributed by atoms with Crippen molar-refractivity contribution in [1.29, 1.82) is 0 Å². The normalized spacial score (nSPS) is 14.1. The molecule has 7 heteroatoms. The first-order chi connectivity index (χ1) is 16.8. The second-order valence-electron chi connectivity index (χ2n) is 9.77. The summed E-state index contributed by atoms with van der Waals surface area (Å²) >= 11 is 0. The molecule has 2 aromatic carbocycles. The summed E-state index contributed by atoms with van der Waals surface area (Å²) in [6, 6.07) is 15.6. The number of benzene rings is 2. The molecule has 0 aliphatic heterocycles. The van der Waals surface area contributed by atoms with Crippen LogP contribution in [0.2, 0.25) is 0 Å². The van der Waals surface area contributed by atoms with E-state index >= 15 is 0 Å². The van der Waals surface area contributed by atoms with E-state index < -0.39 is 18.1 Å². The summed E-state index contributed by atoms with van der Waals surface area (Å²) in [7, 11) is 0. The number of alkyl carbamates (subject to hydrolysis) is 1. The van der Waals surface area contributed by atoms with Crippen molar-refractivity contribution in [3.8, 4) is 11.1 Å². The average Bonchev–Trinajstić information content (AvgIpc) is 3.14. The molecule has 0 fully saturated rings. The largest absolute Gasteiger partial charge is 0.480 e. The molecule has 1 aliphatic rings. The molecule has 0 radical (unpaired) electrons. The summed E-state index contributed by atoms with van der Waals surface area (Å²) in [4.78, 5) is 35.7. The van der Waals surface area contributed by atoms with Crippen LogP contribution in [0.1, 0.15) is 63.5 Å². The van der Waals surface area contributed by atoms with Gasteiger partial charge in [0.1, 0.15) is 12.6 Å². The molecule has 2 atom stereocenters. The van der Waals surface area contributed by atoms with Gasteiger partial charge < -0.3 is 20.5 Å². The molecular weight excluding hydrogens is 444 g/mol. The molecule has 0 saturated carbocycles. The third-order valence-corrected chi connectivity index (χ3v) is 6.45. The van der Waals surface area contributed by atoms with Crippen molar-refractivity contribution in [2.75, 3.05) is 13.2 Å². The number of hydrogen-bond acceptors (Lipinski definition) is 4. The van der Waals surface area contributed by atoms with E-state index in [2.05, 4.69) is 34.9 Å². The molecule has 0 saturated heterocycles. The van der Waals surface area contributed by atoms with Crippen LogP contribution < -0.4 is 10.6 Å². The van der Waals surface area contributed by atoms with Gasteiger partial charge in [0, 0.05) is 18.9 Å². The Morgan fingerprint density at radius 1 is 0.943 bits per heavy atom. The van der Waals surface area contributed by atoms with Gasteiger partial charge in [-0.05, 0) is 53.4 Å². The molecule has 0 bridgehead atoms. The minimum atomic E-state index is -1.01. The molecule has 1 unspecified atom stereocenters. The van der Waals surface area contributed by atoms with Crippen LogP contribution in [-0.2, 0) is 14.3 Å². The van der Waals surface area contributed by atoms with Gasteiger partial charge in [-0.1, -0.05) is 69.3 Å².